The fraction of sp³-hybridized carbons (Fsp3) is 0.945. The number of unbranched alkanes of at least 4 members (excludes halogenated alkanes) is 56. The molecule has 0 aliphatic carbocycles. The highest BCUT2D eigenvalue weighted by Gasteiger charge is 2.20. The molecule has 0 bridgehead atoms. The van der Waals surface area contributed by atoms with Gasteiger partial charge in [-0.1, -0.05) is 366 Å². The van der Waals surface area contributed by atoms with Crippen molar-refractivity contribution in [2.75, 3.05) is 13.2 Å². The van der Waals surface area contributed by atoms with Crippen LogP contribution >= 0.6 is 0 Å². The summed E-state index contributed by atoms with van der Waals surface area (Å²) in [5.74, 6) is -0.00678. The molecule has 0 rings (SSSR count). The molecule has 470 valence electrons. The zero-order valence-electron chi connectivity index (χ0n) is 53.9. The minimum atomic E-state index is -0.661. The monoisotopic (exact) mass is 1110 g/mol. The first kappa shape index (κ1) is 77.6. The topological polar surface area (TPSA) is 95.9 Å². The first-order valence-corrected chi connectivity index (χ1v) is 36.4. The number of carbonyl (C=O) groups excluding carboxylic acids is 2. The highest BCUT2D eigenvalue weighted by molar-refractivity contribution is 5.76. The number of hydrogen-bond acceptors (Lipinski definition) is 5. The van der Waals surface area contributed by atoms with Gasteiger partial charge >= 0.3 is 5.97 Å². The molecule has 0 aromatic heterocycles. The van der Waals surface area contributed by atoms with E-state index >= 15 is 0 Å². The van der Waals surface area contributed by atoms with Crippen LogP contribution in [0.4, 0.5) is 0 Å². The van der Waals surface area contributed by atoms with E-state index in [1.807, 2.05) is 0 Å². The molecule has 0 heterocycles. The minimum Gasteiger partial charge on any atom is -0.466 e. The molecule has 0 fully saturated rings. The lowest BCUT2D eigenvalue weighted by molar-refractivity contribution is -0.143. The normalized spacial score (nSPS) is 12.5. The molecule has 0 saturated carbocycles. The zero-order valence-corrected chi connectivity index (χ0v) is 53.9. The van der Waals surface area contributed by atoms with E-state index in [4.69, 9.17) is 4.74 Å². The van der Waals surface area contributed by atoms with E-state index in [1.54, 1.807) is 0 Å². The molecule has 79 heavy (non-hydrogen) atoms. The predicted molar refractivity (Wildman–Crippen MR) is 347 cm³/mol. The van der Waals surface area contributed by atoms with Crippen LogP contribution in [0.15, 0.2) is 12.2 Å². The molecule has 0 aliphatic rings. The van der Waals surface area contributed by atoms with Gasteiger partial charge in [-0.05, 0) is 51.4 Å². The lowest BCUT2D eigenvalue weighted by Gasteiger charge is -2.22. The molecule has 0 aromatic carbocycles. The summed E-state index contributed by atoms with van der Waals surface area (Å²) < 4.78 is 5.48. The van der Waals surface area contributed by atoms with E-state index in [9.17, 15) is 19.8 Å². The molecule has 0 spiro atoms. The van der Waals surface area contributed by atoms with Gasteiger partial charge in [0.2, 0.25) is 5.91 Å². The third-order valence-electron chi connectivity index (χ3n) is 17.3. The van der Waals surface area contributed by atoms with Crippen molar-refractivity contribution in [1.29, 1.82) is 0 Å². The summed E-state index contributed by atoms with van der Waals surface area (Å²) in [5, 5.41) is 23.4. The molecule has 2 unspecified atom stereocenters. The number of aliphatic hydroxyl groups is 2. The molecule has 0 aliphatic heterocycles. The Morgan fingerprint density at radius 1 is 0.342 bits per heavy atom. The number of ether oxygens (including phenoxy) is 1. The molecule has 3 N–H and O–H groups in total. The van der Waals surface area contributed by atoms with E-state index < -0.39 is 12.1 Å². The third kappa shape index (κ3) is 65.6. The Kier molecular flexibility index (Phi) is 67.9. The van der Waals surface area contributed by atoms with E-state index in [1.165, 1.54) is 347 Å². The third-order valence-corrected chi connectivity index (χ3v) is 17.3. The van der Waals surface area contributed by atoms with Gasteiger partial charge in [-0.2, -0.15) is 0 Å². The van der Waals surface area contributed by atoms with Crippen LogP contribution in [0, 0.1) is 0 Å². The molecule has 0 aromatic rings. The lowest BCUT2D eigenvalue weighted by atomic mass is 10.0. The number of hydrogen-bond donors (Lipinski definition) is 3. The highest BCUT2D eigenvalue weighted by Crippen LogP contribution is 2.19. The first-order valence-electron chi connectivity index (χ1n) is 36.4. The van der Waals surface area contributed by atoms with E-state index in [0.717, 1.165) is 38.5 Å². The van der Waals surface area contributed by atoms with Crippen molar-refractivity contribution in [2.24, 2.45) is 0 Å². The first-order chi connectivity index (χ1) is 39.0. The van der Waals surface area contributed by atoms with Gasteiger partial charge in [0.25, 0.3) is 0 Å². The number of aliphatic hydroxyl groups excluding tert-OH is 2. The van der Waals surface area contributed by atoms with Crippen molar-refractivity contribution in [1.82, 2.24) is 5.32 Å². The Hall–Kier alpha value is -1.40. The molecular formula is C73H143NO5. The number of amides is 1. The Bertz CT molecular complexity index is 1190. The molecule has 1 amide bonds. The SMILES string of the molecule is CCCCCCCCCCCCCCCCCCC(O)C(CO)NC(=O)CCCCCCCCCCCCCCCCCCC/C=C\CCCCCCCCCCCCCCCCOC(=O)CCCCCCCCCCCCC. The summed E-state index contributed by atoms with van der Waals surface area (Å²) in [6.45, 7) is 4.99. The van der Waals surface area contributed by atoms with Crippen molar-refractivity contribution in [2.45, 2.75) is 431 Å². The van der Waals surface area contributed by atoms with Gasteiger partial charge in [-0.25, -0.2) is 0 Å². The van der Waals surface area contributed by atoms with Gasteiger partial charge in [0.15, 0.2) is 0 Å². The smallest absolute Gasteiger partial charge is 0.305 e. The van der Waals surface area contributed by atoms with Crippen LogP contribution in [0.5, 0.6) is 0 Å². The van der Waals surface area contributed by atoms with E-state index in [-0.39, 0.29) is 18.5 Å². The van der Waals surface area contributed by atoms with Crippen LogP contribution in [0.3, 0.4) is 0 Å². The average Bonchev–Trinajstić information content (AvgIpc) is 3.45. The van der Waals surface area contributed by atoms with Gasteiger partial charge in [0.05, 0.1) is 25.4 Å². The summed E-state index contributed by atoms with van der Waals surface area (Å²) in [5.41, 5.74) is 0. The largest absolute Gasteiger partial charge is 0.466 e. The fourth-order valence-electron chi connectivity index (χ4n) is 11.8. The average molecular weight is 1110 g/mol. The quantitative estimate of drug-likeness (QED) is 0.0320. The van der Waals surface area contributed by atoms with Gasteiger partial charge in [0.1, 0.15) is 0 Å². The van der Waals surface area contributed by atoms with Crippen molar-refractivity contribution < 1.29 is 24.5 Å². The zero-order chi connectivity index (χ0) is 57.1. The fourth-order valence-corrected chi connectivity index (χ4v) is 11.8. The Balaban J connectivity index is 3.33. The standard InChI is InChI=1S/C73H143NO5/c1-3-5-7-9-11-13-15-16-17-39-42-46-49-53-57-61-65-71(76)70(69-75)74-72(77)66-62-58-54-50-47-43-40-37-35-33-31-29-27-25-23-21-19-18-20-22-24-26-28-30-32-34-36-38-41-44-48-52-56-60-64-68-79-73(78)67-63-59-55-51-45-14-12-10-8-6-4-2/h20,22,70-71,75-76H,3-19,21,23-69H2,1-2H3,(H,74,77)/b22-20-. The van der Waals surface area contributed by atoms with Crippen LogP contribution in [-0.4, -0.2) is 47.4 Å². The lowest BCUT2D eigenvalue weighted by Crippen LogP contribution is -2.45. The minimum absolute atomic E-state index is 0.0207. The van der Waals surface area contributed by atoms with Crippen molar-refractivity contribution in [3.8, 4) is 0 Å². The summed E-state index contributed by atoms with van der Waals surface area (Å²) in [4.78, 5) is 24.5. The Morgan fingerprint density at radius 3 is 0.899 bits per heavy atom. The maximum absolute atomic E-state index is 12.5. The maximum Gasteiger partial charge on any atom is 0.305 e. The summed E-state index contributed by atoms with van der Waals surface area (Å²) in [6, 6.07) is -0.538. The van der Waals surface area contributed by atoms with Crippen LogP contribution < -0.4 is 5.32 Å². The van der Waals surface area contributed by atoms with Crippen molar-refractivity contribution in [3.63, 3.8) is 0 Å². The molecule has 0 saturated heterocycles. The molecular weight excluding hydrogens is 971 g/mol. The van der Waals surface area contributed by atoms with Gasteiger partial charge < -0.3 is 20.3 Å². The second-order valence-electron chi connectivity index (χ2n) is 25.3. The summed E-state index contributed by atoms with van der Waals surface area (Å²) in [6.07, 6.45) is 85.7. The second kappa shape index (κ2) is 69.1. The number of nitrogens with one attached hydrogen (secondary N) is 1. The van der Waals surface area contributed by atoms with Gasteiger partial charge in [-0.3, -0.25) is 9.59 Å². The van der Waals surface area contributed by atoms with Crippen LogP contribution in [0.1, 0.15) is 418 Å². The van der Waals surface area contributed by atoms with Crippen LogP contribution in [0.2, 0.25) is 0 Å². The van der Waals surface area contributed by atoms with Crippen LogP contribution in [0.25, 0.3) is 0 Å². The Morgan fingerprint density at radius 2 is 0.595 bits per heavy atom. The summed E-state index contributed by atoms with van der Waals surface area (Å²) in [7, 11) is 0. The maximum atomic E-state index is 12.5. The van der Waals surface area contributed by atoms with Crippen molar-refractivity contribution in [3.05, 3.63) is 12.2 Å². The highest BCUT2D eigenvalue weighted by atomic mass is 16.5. The molecule has 6 heteroatoms. The second-order valence-corrected chi connectivity index (χ2v) is 25.3. The van der Waals surface area contributed by atoms with Gasteiger partial charge in [-0.15, -0.1) is 0 Å². The number of esters is 1. The van der Waals surface area contributed by atoms with E-state index in [2.05, 4.69) is 31.3 Å². The van der Waals surface area contributed by atoms with E-state index in [0.29, 0.717) is 25.9 Å². The number of rotatable bonds is 69. The number of allylic oxidation sites excluding steroid dienone is 2. The number of carbonyl (C=O) groups is 2. The van der Waals surface area contributed by atoms with Crippen molar-refractivity contribution >= 4 is 11.9 Å². The molecule has 0 radical (unpaired) electrons. The predicted octanol–water partition coefficient (Wildman–Crippen LogP) is 23.5. The molecule has 2 atom stereocenters. The van der Waals surface area contributed by atoms with Gasteiger partial charge in [0, 0.05) is 12.8 Å². The Labute approximate surface area is 495 Å². The van der Waals surface area contributed by atoms with Crippen LogP contribution in [-0.2, 0) is 14.3 Å². The summed E-state index contributed by atoms with van der Waals surface area (Å²) >= 11 is 0. The molecule has 6 nitrogen and oxygen atoms in total.